The van der Waals surface area contributed by atoms with Crippen LogP contribution in [0.1, 0.15) is 38.3 Å². The standard InChI is InChI=1S/C21H22FN5O3S.C4H10O2.C2H6/c1-4-10-25-18(28)17-13(2)19(27-23-8-9-24-27)31-20(17)26(21(25)29)11-7-14-12-15(22)5-6-16(14)30-3;1-5-3-4-6-2;1-2/h5-6,8-9,12H,4,7,10-11H2,1-3H3;3-4H2,1-2H3;1-2H3. The molecule has 0 bridgehead atoms. The fourth-order valence-corrected chi connectivity index (χ4v) is 5.09. The fraction of sp³-hybridized carbons (Fsp3) is 0.481. The molecule has 0 fully saturated rings. The van der Waals surface area contributed by atoms with Crippen LogP contribution in [0.5, 0.6) is 5.75 Å². The van der Waals surface area contributed by atoms with Gasteiger partial charge >= 0.3 is 5.69 Å². The van der Waals surface area contributed by atoms with Crippen LogP contribution in [-0.4, -0.2) is 58.7 Å². The SMILES string of the molecule is CC.CCCn1c(=O)c2c(C)c(-n3nccn3)sc2n(CCc2cc(F)ccc2OC)c1=O.COCCOC. The predicted molar refractivity (Wildman–Crippen MR) is 152 cm³/mol. The third-order valence-electron chi connectivity index (χ3n) is 5.66. The van der Waals surface area contributed by atoms with Crippen LogP contribution in [0.2, 0.25) is 0 Å². The molecule has 12 heteroatoms. The van der Waals surface area contributed by atoms with Gasteiger partial charge in [-0.25, -0.2) is 9.18 Å². The molecular formula is C27H38FN5O5S. The zero-order valence-electron chi connectivity index (χ0n) is 23.7. The first-order valence-corrected chi connectivity index (χ1v) is 13.6. The van der Waals surface area contributed by atoms with Gasteiger partial charge in [-0.1, -0.05) is 32.1 Å². The average Bonchev–Trinajstić information content (AvgIpc) is 3.59. The quantitative estimate of drug-likeness (QED) is 0.266. The van der Waals surface area contributed by atoms with Crippen molar-refractivity contribution in [1.29, 1.82) is 0 Å². The van der Waals surface area contributed by atoms with Crippen LogP contribution in [0, 0.1) is 12.7 Å². The lowest BCUT2D eigenvalue weighted by Crippen LogP contribution is -2.40. The van der Waals surface area contributed by atoms with E-state index < -0.39 is 0 Å². The monoisotopic (exact) mass is 563 g/mol. The molecule has 0 aliphatic rings. The summed E-state index contributed by atoms with van der Waals surface area (Å²) in [5.41, 5.74) is 0.686. The number of rotatable bonds is 10. The van der Waals surface area contributed by atoms with Gasteiger partial charge in [0.25, 0.3) is 5.56 Å². The van der Waals surface area contributed by atoms with E-state index in [0.717, 1.165) is 5.56 Å². The van der Waals surface area contributed by atoms with Crippen LogP contribution < -0.4 is 16.0 Å². The summed E-state index contributed by atoms with van der Waals surface area (Å²) in [6.07, 6.45) is 4.13. The Hall–Kier alpha value is -3.35. The number of hydrogen-bond donors (Lipinski definition) is 0. The van der Waals surface area contributed by atoms with Crippen molar-refractivity contribution in [2.24, 2.45) is 0 Å². The van der Waals surface area contributed by atoms with Gasteiger partial charge in [-0.05, 0) is 43.5 Å². The van der Waals surface area contributed by atoms with Crippen LogP contribution in [0.3, 0.4) is 0 Å². The van der Waals surface area contributed by atoms with Crippen LogP contribution >= 0.6 is 11.3 Å². The molecule has 0 unspecified atom stereocenters. The topological polar surface area (TPSA) is 102 Å². The molecule has 0 saturated carbocycles. The molecule has 1 aromatic carbocycles. The highest BCUT2D eigenvalue weighted by Gasteiger charge is 2.21. The Kier molecular flexibility index (Phi) is 13.0. The molecule has 4 rings (SSSR count). The number of benzene rings is 1. The van der Waals surface area contributed by atoms with Crippen LogP contribution in [0.4, 0.5) is 4.39 Å². The summed E-state index contributed by atoms with van der Waals surface area (Å²) in [7, 11) is 4.83. The fourth-order valence-electron chi connectivity index (χ4n) is 3.85. The van der Waals surface area contributed by atoms with Gasteiger partial charge in [-0.15, -0.1) is 4.80 Å². The average molecular weight is 564 g/mol. The van der Waals surface area contributed by atoms with Crippen molar-refractivity contribution in [2.75, 3.05) is 34.5 Å². The maximum absolute atomic E-state index is 13.8. The van der Waals surface area contributed by atoms with Gasteiger partial charge in [-0.3, -0.25) is 13.9 Å². The summed E-state index contributed by atoms with van der Waals surface area (Å²) in [4.78, 5) is 28.4. The molecule has 0 saturated heterocycles. The number of aromatic nitrogens is 5. The zero-order valence-corrected chi connectivity index (χ0v) is 24.5. The normalized spacial score (nSPS) is 10.6. The third-order valence-corrected chi connectivity index (χ3v) is 6.94. The van der Waals surface area contributed by atoms with E-state index in [1.165, 1.54) is 39.9 Å². The molecule has 3 heterocycles. The molecule has 10 nitrogen and oxygen atoms in total. The number of halogens is 1. The van der Waals surface area contributed by atoms with Crippen molar-refractivity contribution in [2.45, 2.75) is 53.6 Å². The van der Waals surface area contributed by atoms with E-state index in [9.17, 15) is 14.0 Å². The molecule has 0 aliphatic heterocycles. The summed E-state index contributed by atoms with van der Waals surface area (Å²) in [5.74, 6) is 0.180. The Labute approximate surface area is 231 Å². The van der Waals surface area contributed by atoms with E-state index in [1.807, 2.05) is 27.7 Å². The van der Waals surface area contributed by atoms with Gasteiger partial charge in [0.05, 0.1) is 38.1 Å². The Morgan fingerprint density at radius 2 is 1.62 bits per heavy atom. The molecular weight excluding hydrogens is 525 g/mol. The highest BCUT2D eigenvalue weighted by atomic mass is 32.1. The molecule has 0 atom stereocenters. The van der Waals surface area contributed by atoms with E-state index in [2.05, 4.69) is 19.7 Å². The number of fused-ring (bicyclic) bond motifs is 1. The number of hydrogen-bond acceptors (Lipinski definition) is 8. The van der Waals surface area contributed by atoms with Crippen LogP contribution in [0.25, 0.3) is 15.2 Å². The largest absolute Gasteiger partial charge is 0.496 e. The Morgan fingerprint density at radius 3 is 2.18 bits per heavy atom. The third kappa shape index (κ3) is 7.61. The van der Waals surface area contributed by atoms with E-state index in [0.29, 0.717) is 59.1 Å². The Balaban J connectivity index is 0.000000590. The molecule has 214 valence electrons. The van der Waals surface area contributed by atoms with Crippen molar-refractivity contribution in [3.63, 3.8) is 0 Å². The highest BCUT2D eigenvalue weighted by Crippen LogP contribution is 2.30. The van der Waals surface area contributed by atoms with E-state index in [1.54, 1.807) is 37.2 Å². The van der Waals surface area contributed by atoms with Gasteiger partial charge in [0.2, 0.25) is 0 Å². The van der Waals surface area contributed by atoms with Crippen molar-refractivity contribution in [3.05, 3.63) is 68.4 Å². The minimum absolute atomic E-state index is 0.269. The highest BCUT2D eigenvalue weighted by molar-refractivity contribution is 7.21. The lowest BCUT2D eigenvalue weighted by atomic mass is 10.1. The molecule has 0 radical (unpaired) electrons. The number of ether oxygens (including phenoxy) is 3. The van der Waals surface area contributed by atoms with Crippen molar-refractivity contribution < 1.29 is 18.6 Å². The van der Waals surface area contributed by atoms with Crippen molar-refractivity contribution >= 4 is 21.6 Å². The summed E-state index contributed by atoms with van der Waals surface area (Å²) >= 11 is 1.29. The molecule has 4 aromatic rings. The number of nitrogens with zero attached hydrogens (tertiary/aromatic N) is 5. The lowest BCUT2D eigenvalue weighted by molar-refractivity contribution is 0.103. The van der Waals surface area contributed by atoms with E-state index in [-0.39, 0.29) is 23.6 Å². The minimum Gasteiger partial charge on any atom is -0.496 e. The number of methoxy groups -OCH3 is 3. The first-order valence-electron chi connectivity index (χ1n) is 12.8. The Bertz CT molecular complexity index is 1430. The second-order valence-electron chi connectivity index (χ2n) is 8.11. The Morgan fingerprint density at radius 1 is 0.974 bits per heavy atom. The first-order chi connectivity index (χ1) is 18.9. The van der Waals surface area contributed by atoms with Gasteiger partial charge in [0, 0.05) is 32.9 Å². The zero-order chi connectivity index (χ0) is 28.9. The van der Waals surface area contributed by atoms with Crippen LogP contribution in [0.15, 0.2) is 40.2 Å². The van der Waals surface area contributed by atoms with Crippen LogP contribution in [-0.2, 0) is 29.0 Å². The second kappa shape index (κ2) is 15.9. The lowest BCUT2D eigenvalue weighted by Gasteiger charge is -2.13. The van der Waals surface area contributed by atoms with Gasteiger partial charge in [0.1, 0.15) is 21.4 Å². The van der Waals surface area contributed by atoms with E-state index in [4.69, 9.17) is 4.74 Å². The van der Waals surface area contributed by atoms with Gasteiger partial charge in [0.15, 0.2) is 0 Å². The molecule has 39 heavy (non-hydrogen) atoms. The summed E-state index contributed by atoms with van der Waals surface area (Å²) < 4.78 is 31.3. The molecule has 3 aromatic heterocycles. The molecule has 0 aliphatic carbocycles. The number of thiophene rings is 1. The first kappa shape index (κ1) is 31.9. The predicted octanol–water partition coefficient (Wildman–Crippen LogP) is 4.22. The van der Waals surface area contributed by atoms with Gasteiger partial charge < -0.3 is 14.2 Å². The van der Waals surface area contributed by atoms with Crippen molar-refractivity contribution in [3.8, 4) is 10.8 Å². The summed E-state index contributed by atoms with van der Waals surface area (Å²) in [6, 6.07) is 4.31. The summed E-state index contributed by atoms with van der Waals surface area (Å²) in [6.45, 7) is 9.72. The molecule has 0 amide bonds. The van der Waals surface area contributed by atoms with E-state index >= 15 is 0 Å². The maximum atomic E-state index is 13.8. The smallest absolute Gasteiger partial charge is 0.332 e. The number of aryl methyl sites for hydroxylation is 3. The second-order valence-corrected chi connectivity index (χ2v) is 9.09. The molecule has 0 spiro atoms. The maximum Gasteiger partial charge on any atom is 0.332 e. The summed E-state index contributed by atoms with van der Waals surface area (Å²) in [5, 5.41) is 9.51. The van der Waals surface area contributed by atoms with Crippen molar-refractivity contribution in [1.82, 2.24) is 24.1 Å². The molecule has 0 N–H and O–H groups in total. The minimum atomic E-state index is -0.379. The van der Waals surface area contributed by atoms with Gasteiger partial charge in [-0.2, -0.15) is 10.2 Å².